The number of piperazine rings is 1. The Bertz CT molecular complexity index is 642. The van der Waals surface area contributed by atoms with Crippen LogP contribution in [0, 0.1) is 0 Å². The number of hydrogen-bond donors (Lipinski definition) is 2. The Morgan fingerprint density at radius 2 is 1.88 bits per heavy atom. The van der Waals surface area contributed by atoms with E-state index in [0.717, 1.165) is 38.8 Å². The first-order valence-corrected chi connectivity index (χ1v) is 10.0. The van der Waals surface area contributed by atoms with Crippen LogP contribution in [0.5, 0.6) is 0 Å². The summed E-state index contributed by atoms with van der Waals surface area (Å²) in [6.45, 7) is 2.50. The third kappa shape index (κ3) is 3.88. The second-order valence-corrected chi connectivity index (χ2v) is 8.63. The maximum Gasteiger partial charge on any atom is 0.244 e. The fraction of sp³-hybridized carbons (Fsp3) is 0.688. The summed E-state index contributed by atoms with van der Waals surface area (Å²) in [7, 11) is -1.49. The van der Waals surface area contributed by atoms with Crippen LogP contribution >= 0.6 is 0 Å². The van der Waals surface area contributed by atoms with E-state index in [1.165, 1.54) is 10.5 Å². The molecule has 0 unspecified atom stereocenters. The van der Waals surface area contributed by atoms with Crippen molar-refractivity contribution in [1.29, 1.82) is 0 Å². The summed E-state index contributed by atoms with van der Waals surface area (Å²) in [5.74, 6) is 0.610. The average Bonchev–Trinajstić information content (AvgIpc) is 2.58. The average molecular weight is 354 g/mol. The number of nitrogens with zero attached hydrogens (tertiary/aromatic N) is 3. The number of sulfonamides is 1. The molecule has 3 rings (SSSR count). The number of pyridine rings is 1. The maximum atomic E-state index is 12.7. The number of hydrogen-bond acceptors (Lipinski definition) is 6. The first-order chi connectivity index (χ1) is 11.5. The molecule has 1 aromatic rings. The fourth-order valence-corrected chi connectivity index (χ4v) is 4.63. The lowest BCUT2D eigenvalue weighted by atomic mass is 9.92. The predicted octanol–water partition coefficient (Wildman–Crippen LogP) is 0.733. The highest BCUT2D eigenvalue weighted by Gasteiger charge is 2.28. The van der Waals surface area contributed by atoms with Crippen LogP contribution in [-0.4, -0.2) is 73.1 Å². The van der Waals surface area contributed by atoms with Crippen molar-refractivity contribution in [3.05, 3.63) is 18.3 Å². The van der Waals surface area contributed by atoms with E-state index in [9.17, 15) is 13.5 Å². The minimum atomic E-state index is -3.48. The molecule has 24 heavy (non-hydrogen) atoms. The Hall–Kier alpha value is -1.22. The van der Waals surface area contributed by atoms with E-state index in [-0.39, 0.29) is 17.0 Å². The van der Waals surface area contributed by atoms with E-state index in [1.54, 1.807) is 12.1 Å². The molecule has 1 aliphatic heterocycles. The van der Waals surface area contributed by atoms with Crippen molar-refractivity contribution in [3.8, 4) is 0 Å². The van der Waals surface area contributed by atoms with Gasteiger partial charge < -0.3 is 15.3 Å². The van der Waals surface area contributed by atoms with Gasteiger partial charge in [-0.2, -0.15) is 4.31 Å². The molecule has 2 heterocycles. The fourth-order valence-electron chi connectivity index (χ4n) is 3.27. The highest BCUT2D eigenvalue weighted by atomic mass is 32.2. The molecule has 2 fully saturated rings. The molecule has 1 aliphatic carbocycles. The number of aliphatic hydroxyl groups is 1. The van der Waals surface area contributed by atoms with Crippen LogP contribution in [0.3, 0.4) is 0 Å². The number of rotatable bonds is 4. The maximum absolute atomic E-state index is 12.7. The Morgan fingerprint density at radius 1 is 1.17 bits per heavy atom. The van der Waals surface area contributed by atoms with Gasteiger partial charge in [0.1, 0.15) is 10.7 Å². The highest BCUT2D eigenvalue weighted by molar-refractivity contribution is 7.89. The molecule has 0 spiro atoms. The van der Waals surface area contributed by atoms with Gasteiger partial charge in [-0.05, 0) is 32.0 Å². The van der Waals surface area contributed by atoms with E-state index >= 15 is 0 Å². The van der Waals surface area contributed by atoms with Gasteiger partial charge in [0.2, 0.25) is 10.0 Å². The van der Waals surface area contributed by atoms with Gasteiger partial charge in [-0.3, -0.25) is 0 Å². The minimum absolute atomic E-state index is 0.00802. The Kier molecular flexibility index (Phi) is 5.39. The molecular weight excluding hydrogens is 328 g/mol. The number of nitrogens with one attached hydrogen (secondary N) is 1. The molecule has 1 aromatic heterocycles. The van der Waals surface area contributed by atoms with Crippen molar-refractivity contribution in [2.24, 2.45) is 0 Å². The molecule has 134 valence electrons. The molecule has 1 saturated carbocycles. The van der Waals surface area contributed by atoms with Crippen molar-refractivity contribution in [2.75, 3.05) is 38.5 Å². The smallest absolute Gasteiger partial charge is 0.244 e. The standard InChI is InChI=1S/C16H26N4O3S/c1-19-8-10-20(11-9-19)24(22,23)13-6-7-16(17-12-13)18-14-4-2-3-5-15(14)21/h6-7,12,14-15,21H,2-5,8-11H2,1H3,(H,17,18)/t14-,15-/m0/s1. The van der Waals surface area contributed by atoms with E-state index in [4.69, 9.17) is 0 Å². The van der Waals surface area contributed by atoms with Crippen molar-refractivity contribution in [3.63, 3.8) is 0 Å². The summed E-state index contributed by atoms with van der Waals surface area (Å²) in [4.78, 5) is 6.59. The van der Waals surface area contributed by atoms with Crippen LogP contribution in [0.15, 0.2) is 23.2 Å². The normalized spacial score (nSPS) is 27.1. The van der Waals surface area contributed by atoms with Gasteiger partial charge >= 0.3 is 0 Å². The van der Waals surface area contributed by atoms with Crippen LogP contribution in [0.4, 0.5) is 5.82 Å². The molecule has 2 atom stereocenters. The van der Waals surface area contributed by atoms with E-state index in [2.05, 4.69) is 15.2 Å². The van der Waals surface area contributed by atoms with Gasteiger partial charge in [0.05, 0.1) is 12.1 Å². The first-order valence-electron chi connectivity index (χ1n) is 8.56. The first kappa shape index (κ1) is 17.6. The Labute approximate surface area is 143 Å². The van der Waals surface area contributed by atoms with Crippen LogP contribution in [0.1, 0.15) is 25.7 Å². The zero-order chi connectivity index (χ0) is 17.2. The largest absolute Gasteiger partial charge is 0.391 e. The van der Waals surface area contributed by atoms with E-state index in [1.807, 2.05) is 7.05 Å². The van der Waals surface area contributed by atoms with Crippen molar-refractivity contribution in [1.82, 2.24) is 14.2 Å². The van der Waals surface area contributed by atoms with E-state index < -0.39 is 10.0 Å². The lowest BCUT2D eigenvalue weighted by molar-refractivity contribution is 0.116. The zero-order valence-electron chi connectivity index (χ0n) is 14.1. The second kappa shape index (κ2) is 7.35. The Balaban J connectivity index is 1.67. The molecule has 7 nitrogen and oxygen atoms in total. The summed E-state index contributed by atoms with van der Waals surface area (Å²) < 4.78 is 26.8. The summed E-state index contributed by atoms with van der Waals surface area (Å²) in [6, 6.07) is 3.27. The number of aromatic nitrogens is 1. The molecule has 0 amide bonds. The molecule has 0 radical (unpaired) electrons. The van der Waals surface area contributed by atoms with Crippen LogP contribution in [-0.2, 0) is 10.0 Å². The monoisotopic (exact) mass is 354 g/mol. The topological polar surface area (TPSA) is 85.8 Å². The second-order valence-electron chi connectivity index (χ2n) is 6.69. The third-order valence-electron chi connectivity index (χ3n) is 4.90. The van der Waals surface area contributed by atoms with E-state index in [0.29, 0.717) is 18.9 Å². The van der Waals surface area contributed by atoms with Crippen LogP contribution < -0.4 is 5.32 Å². The van der Waals surface area contributed by atoms with Gasteiger partial charge in [-0.25, -0.2) is 13.4 Å². The molecule has 0 aromatic carbocycles. The van der Waals surface area contributed by atoms with Gasteiger partial charge in [0.15, 0.2) is 0 Å². The molecular formula is C16H26N4O3S. The Morgan fingerprint density at radius 3 is 2.50 bits per heavy atom. The van der Waals surface area contributed by atoms with Crippen molar-refractivity contribution >= 4 is 15.8 Å². The molecule has 2 aliphatic rings. The molecule has 8 heteroatoms. The van der Waals surface area contributed by atoms with Gasteiger partial charge in [-0.15, -0.1) is 0 Å². The van der Waals surface area contributed by atoms with Crippen LogP contribution in [0.2, 0.25) is 0 Å². The van der Waals surface area contributed by atoms with Gasteiger partial charge in [-0.1, -0.05) is 12.8 Å². The number of anilines is 1. The summed E-state index contributed by atoms with van der Waals surface area (Å²) in [5.41, 5.74) is 0. The number of aliphatic hydroxyl groups excluding tert-OH is 1. The summed E-state index contributed by atoms with van der Waals surface area (Å²) in [6.07, 6.45) is 4.89. The SMILES string of the molecule is CN1CCN(S(=O)(=O)c2ccc(N[C@H]3CCCC[C@@H]3O)nc2)CC1. The third-order valence-corrected chi connectivity index (χ3v) is 6.78. The molecule has 0 bridgehead atoms. The summed E-state index contributed by atoms with van der Waals surface area (Å²) >= 11 is 0. The lowest BCUT2D eigenvalue weighted by Crippen LogP contribution is -2.47. The highest BCUT2D eigenvalue weighted by Crippen LogP contribution is 2.23. The van der Waals surface area contributed by atoms with Gasteiger partial charge in [0, 0.05) is 32.4 Å². The van der Waals surface area contributed by atoms with Crippen molar-refractivity contribution < 1.29 is 13.5 Å². The predicted molar refractivity (Wildman–Crippen MR) is 92.4 cm³/mol. The minimum Gasteiger partial charge on any atom is -0.391 e. The quantitative estimate of drug-likeness (QED) is 0.829. The van der Waals surface area contributed by atoms with Gasteiger partial charge in [0.25, 0.3) is 0 Å². The van der Waals surface area contributed by atoms with Crippen LogP contribution in [0.25, 0.3) is 0 Å². The molecule has 1 saturated heterocycles. The molecule has 2 N–H and O–H groups in total. The number of likely N-dealkylation sites (N-methyl/N-ethyl adjacent to an activating group) is 1. The lowest BCUT2D eigenvalue weighted by Gasteiger charge is -2.31. The zero-order valence-corrected chi connectivity index (χ0v) is 14.9. The summed E-state index contributed by atoms with van der Waals surface area (Å²) in [5, 5.41) is 13.2. The van der Waals surface area contributed by atoms with Crippen molar-refractivity contribution in [2.45, 2.75) is 42.7 Å².